The van der Waals surface area contributed by atoms with Gasteiger partial charge in [0, 0.05) is 6.04 Å². The van der Waals surface area contributed by atoms with Crippen LogP contribution in [0.25, 0.3) is 0 Å². The van der Waals surface area contributed by atoms with Crippen molar-refractivity contribution in [2.75, 3.05) is 19.6 Å². The van der Waals surface area contributed by atoms with E-state index in [1.165, 1.54) is 0 Å². The molecular weight excluding hydrogens is 181 g/mol. The minimum absolute atomic E-state index is 0.391. The van der Waals surface area contributed by atoms with Crippen molar-refractivity contribution < 1.29 is 13.2 Å². The monoisotopic (exact) mass is 198 g/mol. The average Bonchev–Trinajstić information content (AvgIpc) is 1.93. The summed E-state index contributed by atoms with van der Waals surface area (Å²) in [5.74, 6) is 0. The third kappa shape index (κ3) is 11.7. The number of hydrogen-bond donors (Lipinski definition) is 2. The molecule has 2 N–H and O–H groups in total. The maximum atomic E-state index is 11.6. The Balaban J connectivity index is 3.09. The fraction of sp³-hybridized carbons (Fsp3) is 1.00. The third-order valence-electron chi connectivity index (χ3n) is 1.41. The predicted octanol–water partition coefficient (Wildman–Crippen LogP) is 1.53. The molecule has 0 aliphatic carbocycles. The van der Waals surface area contributed by atoms with Crippen LogP contribution in [0.4, 0.5) is 13.2 Å². The third-order valence-corrected chi connectivity index (χ3v) is 1.41. The van der Waals surface area contributed by atoms with Gasteiger partial charge in [-0.2, -0.15) is 13.2 Å². The van der Waals surface area contributed by atoms with Crippen molar-refractivity contribution in [3.05, 3.63) is 0 Å². The summed E-state index contributed by atoms with van der Waals surface area (Å²) in [5, 5.41) is 5.46. The van der Waals surface area contributed by atoms with Crippen molar-refractivity contribution in [2.24, 2.45) is 0 Å². The number of nitrogens with one attached hydrogen (secondary N) is 2. The second-order valence-electron chi connectivity index (χ2n) is 3.25. The molecule has 0 saturated carbocycles. The molecule has 0 aliphatic heterocycles. The summed E-state index contributed by atoms with van der Waals surface area (Å²) < 4.78 is 34.8. The molecule has 80 valence electrons. The largest absolute Gasteiger partial charge is 0.401 e. The summed E-state index contributed by atoms with van der Waals surface area (Å²) in [7, 11) is 0. The van der Waals surface area contributed by atoms with Crippen molar-refractivity contribution in [3.8, 4) is 0 Å². The average molecular weight is 198 g/mol. The molecule has 0 amide bonds. The van der Waals surface area contributed by atoms with Gasteiger partial charge in [-0.25, -0.2) is 0 Å². The molecule has 5 heteroatoms. The molecule has 0 spiro atoms. The van der Waals surface area contributed by atoms with E-state index in [9.17, 15) is 13.2 Å². The predicted molar refractivity (Wildman–Crippen MR) is 46.7 cm³/mol. The van der Waals surface area contributed by atoms with E-state index in [1.54, 1.807) is 0 Å². The van der Waals surface area contributed by atoms with Gasteiger partial charge in [0.15, 0.2) is 0 Å². The van der Waals surface area contributed by atoms with Gasteiger partial charge in [0.05, 0.1) is 6.54 Å². The van der Waals surface area contributed by atoms with Gasteiger partial charge in [-0.15, -0.1) is 0 Å². The van der Waals surface area contributed by atoms with Crippen LogP contribution in [0.5, 0.6) is 0 Å². The van der Waals surface area contributed by atoms with Crippen LogP contribution < -0.4 is 10.6 Å². The van der Waals surface area contributed by atoms with Crippen molar-refractivity contribution in [1.29, 1.82) is 0 Å². The molecule has 0 aromatic carbocycles. The lowest BCUT2D eigenvalue weighted by Gasteiger charge is -2.09. The summed E-state index contributed by atoms with van der Waals surface area (Å²) >= 11 is 0. The molecule has 0 aromatic heterocycles. The maximum Gasteiger partial charge on any atom is 0.401 e. The minimum atomic E-state index is -4.09. The highest BCUT2D eigenvalue weighted by Gasteiger charge is 2.25. The van der Waals surface area contributed by atoms with Crippen LogP contribution in [0.3, 0.4) is 0 Å². The Morgan fingerprint density at radius 3 is 2.23 bits per heavy atom. The number of halogens is 3. The summed E-state index contributed by atoms with van der Waals surface area (Å²) in [5.41, 5.74) is 0. The first kappa shape index (κ1) is 12.7. The molecule has 0 fully saturated rings. The highest BCUT2D eigenvalue weighted by atomic mass is 19.4. The van der Waals surface area contributed by atoms with E-state index >= 15 is 0 Å². The van der Waals surface area contributed by atoms with Crippen molar-refractivity contribution in [3.63, 3.8) is 0 Å². The maximum absolute atomic E-state index is 11.6. The first-order valence-electron chi connectivity index (χ1n) is 4.42. The Bertz CT molecular complexity index is 123. The number of hydrogen-bond acceptors (Lipinski definition) is 2. The van der Waals surface area contributed by atoms with Gasteiger partial charge < -0.3 is 10.6 Å². The van der Waals surface area contributed by atoms with Crippen LogP contribution in [0.1, 0.15) is 20.3 Å². The lowest BCUT2D eigenvalue weighted by Crippen LogP contribution is -2.32. The fourth-order valence-corrected chi connectivity index (χ4v) is 0.834. The molecule has 0 saturated heterocycles. The SMILES string of the molecule is CC(C)NCCCNCC(F)(F)F. The molecule has 0 aromatic rings. The van der Waals surface area contributed by atoms with E-state index in [0.29, 0.717) is 19.0 Å². The van der Waals surface area contributed by atoms with E-state index in [4.69, 9.17) is 0 Å². The van der Waals surface area contributed by atoms with Gasteiger partial charge in [0.2, 0.25) is 0 Å². The lowest BCUT2D eigenvalue weighted by molar-refractivity contribution is -0.124. The van der Waals surface area contributed by atoms with Crippen LogP contribution in [-0.2, 0) is 0 Å². The zero-order valence-electron chi connectivity index (χ0n) is 8.04. The standard InChI is InChI=1S/C8H17F3N2/c1-7(2)13-5-3-4-12-6-8(9,10)11/h7,12-13H,3-6H2,1-2H3. The van der Waals surface area contributed by atoms with Gasteiger partial charge in [0.1, 0.15) is 0 Å². The van der Waals surface area contributed by atoms with Crippen LogP contribution in [0.2, 0.25) is 0 Å². The second-order valence-corrected chi connectivity index (χ2v) is 3.25. The second kappa shape index (κ2) is 6.21. The normalized spacial score (nSPS) is 12.5. The van der Waals surface area contributed by atoms with Crippen LogP contribution >= 0.6 is 0 Å². The molecule has 0 aliphatic rings. The first-order chi connectivity index (χ1) is 5.92. The zero-order valence-corrected chi connectivity index (χ0v) is 8.04. The van der Waals surface area contributed by atoms with Crippen molar-refractivity contribution in [2.45, 2.75) is 32.5 Å². The molecule has 0 rings (SSSR count). The van der Waals surface area contributed by atoms with E-state index < -0.39 is 12.7 Å². The smallest absolute Gasteiger partial charge is 0.314 e. The fourth-order valence-electron chi connectivity index (χ4n) is 0.834. The Morgan fingerprint density at radius 1 is 1.15 bits per heavy atom. The Labute approximate surface area is 76.9 Å². The first-order valence-corrected chi connectivity index (χ1v) is 4.42. The molecule has 0 unspecified atom stereocenters. The Kier molecular flexibility index (Phi) is 6.07. The highest BCUT2D eigenvalue weighted by Crippen LogP contribution is 2.11. The molecular formula is C8H17F3N2. The van der Waals surface area contributed by atoms with Gasteiger partial charge in [-0.1, -0.05) is 13.8 Å². The molecule has 2 nitrogen and oxygen atoms in total. The highest BCUT2D eigenvalue weighted by molar-refractivity contribution is 4.58. The topological polar surface area (TPSA) is 24.1 Å². The molecule has 0 radical (unpaired) electrons. The minimum Gasteiger partial charge on any atom is -0.314 e. The number of alkyl halides is 3. The van der Waals surface area contributed by atoms with Gasteiger partial charge in [-0.3, -0.25) is 0 Å². The Hall–Kier alpha value is -0.290. The van der Waals surface area contributed by atoms with Crippen molar-refractivity contribution >= 4 is 0 Å². The molecule has 0 bridgehead atoms. The summed E-state index contributed by atoms with van der Waals surface area (Å²) in [6, 6.07) is 0.391. The van der Waals surface area contributed by atoms with Crippen molar-refractivity contribution in [1.82, 2.24) is 10.6 Å². The van der Waals surface area contributed by atoms with Crippen LogP contribution in [0, 0.1) is 0 Å². The van der Waals surface area contributed by atoms with Crippen LogP contribution in [-0.4, -0.2) is 31.9 Å². The molecule has 0 heterocycles. The van der Waals surface area contributed by atoms with E-state index in [2.05, 4.69) is 10.6 Å². The lowest BCUT2D eigenvalue weighted by atomic mass is 10.3. The van der Waals surface area contributed by atoms with Gasteiger partial charge >= 0.3 is 6.18 Å². The number of rotatable bonds is 6. The van der Waals surface area contributed by atoms with Gasteiger partial charge in [0.25, 0.3) is 0 Å². The van der Waals surface area contributed by atoms with E-state index in [0.717, 1.165) is 6.54 Å². The Morgan fingerprint density at radius 2 is 1.77 bits per heavy atom. The summed E-state index contributed by atoms with van der Waals surface area (Å²) in [4.78, 5) is 0. The zero-order chi connectivity index (χ0) is 10.3. The van der Waals surface area contributed by atoms with E-state index in [1.807, 2.05) is 13.8 Å². The quantitative estimate of drug-likeness (QED) is 0.632. The summed E-state index contributed by atoms with van der Waals surface area (Å²) in [6.45, 7) is 4.27. The summed E-state index contributed by atoms with van der Waals surface area (Å²) in [6.07, 6.45) is -3.38. The van der Waals surface area contributed by atoms with E-state index in [-0.39, 0.29) is 0 Å². The van der Waals surface area contributed by atoms with Gasteiger partial charge in [-0.05, 0) is 19.5 Å². The van der Waals surface area contributed by atoms with Crippen LogP contribution in [0.15, 0.2) is 0 Å². The molecule has 0 atom stereocenters. The molecule has 13 heavy (non-hydrogen) atoms.